The summed E-state index contributed by atoms with van der Waals surface area (Å²) in [6, 6.07) is 19.7. The Morgan fingerprint density at radius 2 is 1.68 bits per heavy atom. The van der Waals surface area contributed by atoms with Crippen molar-refractivity contribution in [2.45, 2.75) is 58.7 Å². The van der Waals surface area contributed by atoms with Crippen molar-refractivity contribution in [3.63, 3.8) is 0 Å². The van der Waals surface area contributed by atoms with Crippen molar-refractivity contribution in [3.8, 4) is 18.4 Å². The molecule has 3 atom stereocenters. The lowest BCUT2D eigenvalue weighted by Crippen LogP contribution is -2.54. The summed E-state index contributed by atoms with van der Waals surface area (Å²) in [4.78, 5) is 42.1. The molecule has 41 heavy (non-hydrogen) atoms. The van der Waals surface area contributed by atoms with Crippen LogP contribution in [0.15, 0.2) is 66.7 Å². The quantitative estimate of drug-likeness (QED) is 0.258. The molecular weight excluding hydrogens is 516 g/mol. The third kappa shape index (κ3) is 7.86. The van der Waals surface area contributed by atoms with Crippen LogP contribution in [-0.4, -0.2) is 41.0 Å². The molecule has 0 radical (unpaired) electrons. The van der Waals surface area contributed by atoms with Gasteiger partial charge < -0.3 is 20.3 Å². The normalized spacial score (nSPS) is 13.1. The number of alkyl carbamates (subject to hydrolysis) is 1. The average Bonchev–Trinajstić information content (AvgIpc) is 2.94. The highest BCUT2D eigenvalue weighted by molar-refractivity contribution is 6.00. The molecule has 3 amide bonds. The Bertz CT molecular complexity index is 1500. The lowest BCUT2D eigenvalue weighted by molar-refractivity contribution is -0.141. The van der Waals surface area contributed by atoms with E-state index in [1.165, 1.54) is 4.90 Å². The molecule has 0 spiro atoms. The van der Waals surface area contributed by atoms with Gasteiger partial charge in [0.1, 0.15) is 24.2 Å². The van der Waals surface area contributed by atoms with Crippen LogP contribution in [0.3, 0.4) is 0 Å². The molecule has 0 bridgehead atoms. The molecule has 0 aliphatic heterocycles. The van der Waals surface area contributed by atoms with Crippen LogP contribution < -0.4 is 10.6 Å². The Balaban J connectivity index is 2.07. The van der Waals surface area contributed by atoms with Crippen LogP contribution in [-0.2, 0) is 14.3 Å². The molecule has 2 N–H and O–H groups in total. The number of benzene rings is 3. The molecular formula is C33H36N4O4. The van der Waals surface area contributed by atoms with Gasteiger partial charge in [0.05, 0.1) is 6.07 Å². The zero-order valence-electron chi connectivity index (χ0n) is 24.1. The van der Waals surface area contributed by atoms with Gasteiger partial charge in [-0.2, -0.15) is 5.26 Å². The summed E-state index contributed by atoms with van der Waals surface area (Å²) in [6.45, 7) is 8.43. The van der Waals surface area contributed by atoms with E-state index in [1.807, 2.05) is 56.3 Å². The zero-order valence-corrected chi connectivity index (χ0v) is 24.1. The van der Waals surface area contributed by atoms with Gasteiger partial charge in [-0.25, -0.2) is 4.79 Å². The number of fused-ring (bicyclic) bond motifs is 1. The molecule has 0 aliphatic carbocycles. The van der Waals surface area contributed by atoms with Crippen molar-refractivity contribution >= 4 is 34.4 Å². The Kier molecular flexibility index (Phi) is 10.1. The first kappa shape index (κ1) is 30.7. The third-order valence-electron chi connectivity index (χ3n) is 6.66. The van der Waals surface area contributed by atoms with Crippen molar-refractivity contribution < 1.29 is 19.1 Å². The molecule has 3 aromatic rings. The minimum atomic E-state index is -1.26. The van der Waals surface area contributed by atoms with Crippen LogP contribution in [0.25, 0.3) is 10.8 Å². The minimum absolute atomic E-state index is 0.330. The highest BCUT2D eigenvalue weighted by Gasteiger charge is 2.39. The summed E-state index contributed by atoms with van der Waals surface area (Å²) in [7, 11) is 0. The third-order valence-corrected chi connectivity index (χ3v) is 6.66. The minimum Gasteiger partial charge on any atom is -0.444 e. The summed E-state index contributed by atoms with van der Waals surface area (Å²) in [6.07, 6.45) is 5.56. The van der Waals surface area contributed by atoms with Gasteiger partial charge in [-0.3, -0.25) is 9.59 Å². The van der Waals surface area contributed by atoms with E-state index in [-0.39, 0.29) is 5.92 Å². The van der Waals surface area contributed by atoms with Crippen LogP contribution >= 0.6 is 0 Å². The molecule has 3 aromatic carbocycles. The first-order valence-corrected chi connectivity index (χ1v) is 13.5. The first-order valence-electron chi connectivity index (χ1n) is 13.5. The van der Waals surface area contributed by atoms with E-state index < -0.39 is 42.1 Å². The summed E-state index contributed by atoms with van der Waals surface area (Å²) in [5.74, 6) is 1.11. The predicted molar refractivity (Wildman–Crippen MR) is 160 cm³/mol. The van der Waals surface area contributed by atoms with E-state index in [2.05, 4.69) is 16.6 Å². The second-order valence-electron chi connectivity index (χ2n) is 10.8. The number of hydrogen-bond donors (Lipinski definition) is 2. The average molecular weight is 553 g/mol. The van der Waals surface area contributed by atoms with Gasteiger partial charge in [0.15, 0.2) is 0 Å². The predicted octanol–water partition coefficient (Wildman–Crippen LogP) is 5.79. The van der Waals surface area contributed by atoms with Crippen LogP contribution in [0.2, 0.25) is 0 Å². The Morgan fingerprint density at radius 1 is 1.02 bits per heavy atom. The Labute approximate surface area is 241 Å². The van der Waals surface area contributed by atoms with Gasteiger partial charge in [-0.15, -0.1) is 6.42 Å². The molecule has 0 heterocycles. The molecule has 212 valence electrons. The standard InChI is InChI=1S/C33H36N4O4/c1-7-22(3)28(36-32(40)41-33(4,5)6)31(39)37(20-19-34)29(27-16-12-11-13-23(27)8-2)30(38)35-26-18-17-24-14-9-10-15-25(24)21-26/h2,9-18,21-22,28-29H,7,20H2,1,3-6H3,(H,35,38)(H,36,40). The molecule has 3 rings (SSSR count). The molecule has 8 nitrogen and oxygen atoms in total. The maximum atomic E-state index is 14.2. The van der Waals surface area contributed by atoms with Crippen LogP contribution in [0.4, 0.5) is 10.5 Å². The number of carbonyl (C=O) groups is 3. The molecule has 0 saturated carbocycles. The fourth-order valence-electron chi connectivity index (χ4n) is 4.46. The van der Waals surface area contributed by atoms with Crippen LogP contribution in [0.5, 0.6) is 0 Å². The van der Waals surface area contributed by atoms with Gasteiger partial charge >= 0.3 is 6.09 Å². The topological polar surface area (TPSA) is 112 Å². The van der Waals surface area contributed by atoms with Crippen molar-refractivity contribution in [2.75, 3.05) is 11.9 Å². The van der Waals surface area contributed by atoms with Crippen molar-refractivity contribution in [1.82, 2.24) is 10.2 Å². The summed E-state index contributed by atoms with van der Waals surface area (Å²) >= 11 is 0. The highest BCUT2D eigenvalue weighted by atomic mass is 16.6. The lowest BCUT2D eigenvalue weighted by Gasteiger charge is -2.35. The molecule has 0 fully saturated rings. The number of carbonyl (C=O) groups excluding carboxylic acids is 3. The van der Waals surface area contributed by atoms with Crippen LogP contribution in [0.1, 0.15) is 58.2 Å². The van der Waals surface area contributed by atoms with Crippen molar-refractivity contribution in [1.29, 1.82) is 5.26 Å². The smallest absolute Gasteiger partial charge is 0.408 e. The van der Waals surface area contributed by atoms with Gasteiger partial charge in [-0.05, 0) is 61.2 Å². The SMILES string of the molecule is C#Cc1ccccc1C(C(=O)Nc1ccc2ccccc2c1)N(CC#N)C(=O)C(NC(=O)OC(C)(C)C)C(C)CC. The first-order chi connectivity index (χ1) is 19.5. The second-order valence-corrected chi connectivity index (χ2v) is 10.8. The number of ether oxygens (including phenoxy) is 1. The van der Waals surface area contributed by atoms with E-state index in [4.69, 9.17) is 11.2 Å². The van der Waals surface area contributed by atoms with Gasteiger partial charge in [-0.1, -0.05) is 74.7 Å². The van der Waals surface area contributed by atoms with Crippen molar-refractivity contribution in [3.05, 3.63) is 77.9 Å². The Morgan fingerprint density at radius 3 is 2.32 bits per heavy atom. The Hall–Kier alpha value is -4.82. The molecule has 0 saturated heterocycles. The number of nitrogens with one attached hydrogen (secondary N) is 2. The molecule has 3 unspecified atom stereocenters. The second kappa shape index (κ2) is 13.5. The summed E-state index contributed by atoms with van der Waals surface area (Å²) in [5, 5.41) is 17.3. The van der Waals surface area contributed by atoms with Gasteiger partial charge in [0.25, 0.3) is 5.91 Å². The van der Waals surface area contributed by atoms with Gasteiger partial charge in [0, 0.05) is 11.3 Å². The number of hydrogen-bond acceptors (Lipinski definition) is 5. The number of terminal acetylenes is 1. The number of nitrogens with zero attached hydrogens (tertiary/aromatic N) is 2. The van der Waals surface area contributed by atoms with Gasteiger partial charge in [0.2, 0.25) is 5.91 Å². The maximum Gasteiger partial charge on any atom is 0.408 e. The van der Waals surface area contributed by atoms with E-state index in [9.17, 15) is 19.6 Å². The lowest BCUT2D eigenvalue weighted by atomic mass is 9.94. The number of nitriles is 1. The summed E-state index contributed by atoms with van der Waals surface area (Å²) < 4.78 is 5.40. The summed E-state index contributed by atoms with van der Waals surface area (Å²) in [5.41, 5.74) is 0.527. The fraction of sp³-hybridized carbons (Fsp3) is 0.333. The number of amides is 3. The zero-order chi connectivity index (χ0) is 30.2. The van der Waals surface area contributed by atoms with E-state index in [0.29, 0.717) is 23.2 Å². The van der Waals surface area contributed by atoms with E-state index in [0.717, 1.165) is 10.8 Å². The number of rotatable bonds is 9. The maximum absolute atomic E-state index is 14.2. The molecule has 0 aromatic heterocycles. The molecule has 0 aliphatic rings. The fourth-order valence-corrected chi connectivity index (χ4v) is 4.46. The van der Waals surface area contributed by atoms with E-state index in [1.54, 1.807) is 51.1 Å². The molecule has 8 heteroatoms. The largest absolute Gasteiger partial charge is 0.444 e. The van der Waals surface area contributed by atoms with Crippen molar-refractivity contribution in [2.24, 2.45) is 5.92 Å². The van der Waals surface area contributed by atoms with Crippen LogP contribution in [0, 0.1) is 29.6 Å². The highest BCUT2D eigenvalue weighted by Crippen LogP contribution is 2.29. The van der Waals surface area contributed by atoms with E-state index >= 15 is 0 Å². The monoisotopic (exact) mass is 552 g/mol. The number of anilines is 1.